The molecule has 1 unspecified atom stereocenters. The Hall–Kier alpha value is -0.740. The van der Waals surface area contributed by atoms with Crippen LogP contribution < -0.4 is 11.1 Å². The molecule has 0 aromatic carbocycles. The Balaban J connectivity index is 0.00000169. The summed E-state index contributed by atoms with van der Waals surface area (Å²) in [6, 6.07) is 4.36. The number of thiophene rings is 1. The molecule has 1 aliphatic heterocycles. The minimum absolute atomic E-state index is 0. The van der Waals surface area contributed by atoms with E-state index in [0.717, 1.165) is 31.3 Å². The molecule has 0 radical (unpaired) electrons. The summed E-state index contributed by atoms with van der Waals surface area (Å²) in [6.07, 6.45) is 0.712. The van der Waals surface area contributed by atoms with Gasteiger partial charge in [0.05, 0.1) is 24.3 Å². The number of hydrogen-bond acceptors (Lipinski definition) is 7. The van der Waals surface area contributed by atoms with Crippen molar-refractivity contribution in [3.8, 4) is 0 Å². The van der Waals surface area contributed by atoms with Crippen LogP contribution in [0.2, 0.25) is 0 Å². The molecule has 1 atom stereocenters. The number of carbonyl (C=O) groups excluding carboxylic acids is 1. The first-order valence-electron chi connectivity index (χ1n) is 8.06. The lowest BCUT2D eigenvalue weighted by Crippen LogP contribution is -2.43. The summed E-state index contributed by atoms with van der Waals surface area (Å²) in [7, 11) is 0. The molecule has 146 valence electrons. The Morgan fingerprint density at radius 3 is 2.77 bits per heavy atom. The van der Waals surface area contributed by atoms with E-state index in [-0.39, 0.29) is 36.8 Å². The van der Waals surface area contributed by atoms with Crippen LogP contribution in [0.25, 0.3) is 0 Å². The van der Waals surface area contributed by atoms with Crippen LogP contribution in [0.3, 0.4) is 0 Å². The van der Waals surface area contributed by atoms with Crippen LogP contribution in [-0.2, 0) is 11.2 Å². The number of amides is 1. The maximum Gasteiger partial charge on any atom is 0.270 e. The zero-order valence-electron chi connectivity index (χ0n) is 14.3. The number of nitrogens with one attached hydrogen (secondary N) is 1. The van der Waals surface area contributed by atoms with Crippen molar-refractivity contribution in [2.75, 3.05) is 39.4 Å². The summed E-state index contributed by atoms with van der Waals surface area (Å²) >= 11 is 3.21. The number of morpholine rings is 1. The molecule has 1 aliphatic rings. The SMILES string of the molecule is Cl.Cl.NCCc1nc(C(=O)NCC(c2cccs2)N2CCOCC2)cs1. The molecule has 0 bridgehead atoms. The molecule has 0 saturated carbocycles. The zero-order valence-corrected chi connectivity index (χ0v) is 17.5. The van der Waals surface area contributed by atoms with Crippen LogP contribution in [0.4, 0.5) is 0 Å². The number of hydrogen-bond donors (Lipinski definition) is 2. The van der Waals surface area contributed by atoms with Gasteiger partial charge >= 0.3 is 0 Å². The fourth-order valence-electron chi connectivity index (χ4n) is 2.71. The fourth-order valence-corrected chi connectivity index (χ4v) is 4.37. The van der Waals surface area contributed by atoms with Gasteiger partial charge in [-0.1, -0.05) is 6.07 Å². The second kappa shape index (κ2) is 11.9. The normalized spacial score (nSPS) is 15.6. The van der Waals surface area contributed by atoms with Crippen molar-refractivity contribution in [2.24, 2.45) is 5.73 Å². The number of thiazole rings is 1. The Morgan fingerprint density at radius 2 is 2.12 bits per heavy atom. The van der Waals surface area contributed by atoms with E-state index in [4.69, 9.17) is 10.5 Å². The van der Waals surface area contributed by atoms with E-state index < -0.39 is 0 Å². The summed E-state index contributed by atoms with van der Waals surface area (Å²) in [5, 5.41) is 7.82. The quantitative estimate of drug-likeness (QED) is 0.693. The van der Waals surface area contributed by atoms with E-state index in [1.165, 1.54) is 16.2 Å². The fraction of sp³-hybridized carbons (Fsp3) is 0.500. The van der Waals surface area contributed by atoms with E-state index in [1.54, 1.807) is 16.7 Å². The lowest BCUT2D eigenvalue weighted by molar-refractivity contribution is 0.0169. The number of ether oxygens (including phenoxy) is 1. The molecule has 3 rings (SSSR count). The van der Waals surface area contributed by atoms with Gasteiger partial charge in [0.1, 0.15) is 5.69 Å². The predicted octanol–water partition coefficient (Wildman–Crippen LogP) is 2.35. The highest BCUT2D eigenvalue weighted by Gasteiger charge is 2.24. The molecule has 2 aromatic rings. The molecule has 0 spiro atoms. The lowest BCUT2D eigenvalue weighted by Gasteiger charge is -2.34. The Kier molecular flexibility index (Phi) is 10.6. The second-order valence-electron chi connectivity index (χ2n) is 5.55. The number of carbonyl (C=O) groups is 1. The van der Waals surface area contributed by atoms with Crippen molar-refractivity contribution >= 4 is 53.4 Å². The predicted molar refractivity (Wildman–Crippen MR) is 111 cm³/mol. The van der Waals surface area contributed by atoms with Crippen LogP contribution >= 0.6 is 47.5 Å². The monoisotopic (exact) mass is 438 g/mol. The van der Waals surface area contributed by atoms with Gasteiger partial charge in [-0.2, -0.15) is 0 Å². The number of nitrogens with two attached hydrogens (primary N) is 1. The Bertz CT molecular complexity index is 648. The van der Waals surface area contributed by atoms with E-state index in [2.05, 4.69) is 32.7 Å². The van der Waals surface area contributed by atoms with Crippen molar-refractivity contribution in [2.45, 2.75) is 12.5 Å². The number of halogens is 2. The molecule has 0 aliphatic carbocycles. The minimum atomic E-state index is -0.121. The van der Waals surface area contributed by atoms with E-state index >= 15 is 0 Å². The van der Waals surface area contributed by atoms with E-state index in [9.17, 15) is 4.79 Å². The highest BCUT2D eigenvalue weighted by molar-refractivity contribution is 7.10. The average molecular weight is 439 g/mol. The highest BCUT2D eigenvalue weighted by Crippen LogP contribution is 2.25. The van der Waals surface area contributed by atoms with Crippen molar-refractivity contribution < 1.29 is 9.53 Å². The van der Waals surface area contributed by atoms with Gasteiger partial charge in [0, 0.05) is 36.3 Å². The topological polar surface area (TPSA) is 80.5 Å². The van der Waals surface area contributed by atoms with E-state index in [1.807, 2.05) is 0 Å². The van der Waals surface area contributed by atoms with Gasteiger partial charge in [-0.15, -0.1) is 47.5 Å². The first-order chi connectivity index (χ1) is 11.8. The Morgan fingerprint density at radius 1 is 1.35 bits per heavy atom. The van der Waals surface area contributed by atoms with Crippen LogP contribution in [0.1, 0.15) is 26.4 Å². The zero-order chi connectivity index (χ0) is 16.8. The van der Waals surface area contributed by atoms with E-state index in [0.29, 0.717) is 25.2 Å². The van der Waals surface area contributed by atoms with Gasteiger partial charge < -0.3 is 15.8 Å². The summed E-state index contributed by atoms with van der Waals surface area (Å²) < 4.78 is 5.44. The third kappa shape index (κ3) is 6.16. The van der Waals surface area contributed by atoms with Gasteiger partial charge in [0.25, 0.3) is 5.91 Å². The van der Waals surface area contributed by atoms with Crippen LogP contribution in [-0.4, -0.2) is 55.2 Å². The van der Waals surface area contributed by atoms with Gasteiger partial charge in [0.15, 0.2) is 0 Å². The van der Waals surface area contributed by atoms with Crippen LogP contribution in [0, 0.1) is 0 Å². The first kappa shape index (κ1) is 23.3. The number of nitrogens with zero attached hydrogens (tertiary/aromatic N) is 2. The maximum atomic E-state index is 12.4. The van der Waals surface area contributed by atoms with Crippen LogP contribution in [0.5, 0.6) is 0 Å². The molecule has 1 saturated heterocycles. The highest BCUT2D eigenvalue weighted by atomic mass is 35.5. The molecular weight excluding hydrogens is 415 g/mol. The summed E-state index contributed by atoms with van der Waals surface area (Å²) in [5.41, 5.74) is 6.01. The standard InChI is InChI=1S/C16H22N4O2S2.2ClH/c17-4-3-15-19-12(11-24-15)16(21)18-10-13(14-2-1-9-23-14)20-5-7-22-8-6-20;;/h1-2,9,11,13H,3-8,10,17H2,(H,18,21);2*1H. The maximum absolute atomic E-state index is 12.4. The third-order valence-corrected chi connectivity index (χ3v) is 5.84. The molecular formula is C16H24Cl2N4O2S2. The van der Waals surface area contributed by atoms with Crippen molar-refractivity contribution in [1.82, 2.24) is 15.2 Å². The lowest BCUT2D eigenvalue weighted by atomic mass is 10.2. The Labute approximate surface area is 173 Å². The summed E-state index contributed by atoms with van der Waals surface area (Å²) in [6.45, 7) is 4.37. The average Bonchev–Trinajstić information content (AvgIpc) is 3.28. The molecule has 2 aromatic heterocycles. The van der Waals surface area contributed by atoms with Gasteiger partial charge in [-0.3, -0.25) is 9.69 Å². The smallest absolute Gasteiger partial charge is 0.270 e. The largest absolute Gasteiger partial charge is 0.379 e. The third-order valence-electron chi connectivity index (χ3n) is 3.96. The van der Waals surface area contributed by atoms with Crippen molar-refractivity contribution in [1.29, 1.82) is 0 Å². The van der Waals surface area contributed by atoms with Gasteiger partial charge in [-0.25, -0.2) is 4.98 Å². The molecule has 26 heavy (non-hydrogen) atoms. The molecule has 1 fully saturated rings. The van der Waals surface area contributed by atoms with Gasteiger partial charge in [0.2, 0.25) is 0 Å². The van der Waals surface area contributed by atoms with Crippen LogP contribution in [0.15, 0.2) is 22.9 Å². The molecule has 1 amide bonds. The summed E-state index contributed by atoms with van der Waals surface area (Å²) in [5.74, 6) is -0.121. The first-order valence-corrected chi connectivity index (χ1v) is 9.81. The molecule has 3 heterocycles. The summed E-state index contributed by atoms with van der Waals surface area (Å²) in [4.78, 5) is 20.4. The van der Waals surface area contributed by atoms with Gasteiger partial charge in [-0.05, 0) is 18.0 Å². The van der Waals surface area contributed by atoms with Crippen molar-refractivity contribution in [3.05, 3.63) is 38.5 Å². The molecule has 3 N–H and O–H groups in total. The second-order valence-corrected chi connectivity index (χ2v) is 7.48. The number of aromatic nitrogens is 1. The molecule has 10 heteroatoms. The number of rotatable bonds is 7. The van der Waals surface area contributed by atoms with Crippen molar-refractivity contribution in [3.63, 3.8) is 0 Å². The minimum Gasteiger partial charge on any atom is -0.379 e. The molecule has 6 nitrogen and oxygen atoms in total.